The molecule has 2 aliphatic heterocycles. The molecule has 6 heteroatoms. The fourth-order valence-corrected chi connectivity index (χ4v) is 4.68. The number of amides is 2. The number of nitrogens with zero attached hydrogens (tertiary/aromatic N) is 1. The van der Waals surface area contributed by atoms with Crippen molar-refractivity contribution in [2.24, 2.45) is 0 Å². The third-order valence-corrected chi connectivity index (χ3v) is 6.37. The molecule has 136 valence electrons. The second-order valence-electron chi connectivity index (χ2n) is 7.08. The zero-order chi connectivity index (χ0) is 18.1. The van der Waals surface area contributed by atoms with Gasteiger partial charge in [0.1, 0.15) is 0 Å². The molecular weight excluding hydrogens is 346 g/mol. The SMILES string of the molecule is C[C@H](CNC(=O)[C@@H]1CC(=O)Nc2ccccc21)N1CCc2sccc2C1. The first-order valence-corrected chi connectivity index (χ1v) is 9.95. The van der Waals surface area contributed by atoms with Gasteiger partial charge in [0.25, 0.3) is 0 Å². The van der Waals surface area contributed by atoms with Crippen LogP contribution in [0.4, 0.5) is 5.69 Å². The quantitative estimate of drug-likeness (QED) is 0.871. The van der Waals surface area contributed by atoms with Gasteiger partial charge < -0.3 is 10.6 Å². The van der Waals surface area contributed by atoms with Crippen LogP contribution in [0, 0.1) is 0 Å². The van der Waals surface area contributed by atoms with Crippen molar-refractivity contribution in [2.75, 3.05) is 18.4 Å². The molecule has 0 bridgehead atoms. The molecule has 0 unspecified atom stereocenters. The lowest BCUT2D eigenvalue weighted by molar-refractivity contribution is -0.126. The Labute approximate surface area is 157 Å². The molecule has 2 atom stereocenters. The summed E-state index contributed by atoms with van der Waals surface area (Å²) in [6.07, 6.45) is 1.29. The smallest absolute Gasteiger partial charge is 0.228 e. The molecule has 0 saturated carbocycles. The van der Waals surface area contributed by atoms with Crippen molar-refractivity contribution < 1.29 is 9.59 Å². The number of hydrogen-bond donors (Lipinski definition) is 2. The molecule has 0 radical (unpaired) electrons. The Balaban J connectivity index is 1.38. The minimum Gasteiger partial charge on any atom is -0.354 e. The Bertz CT molecular complexity index is 832. The molecule has 4 rings (SSSR count). The van der Waals surface area contributed by atoms with Crippen molar-refractivity contribution in [2.45, 2.75) is 38.3 Å². The molecular formula is C20H23N3O2S. The summed E-state index contributed by atoms with van der Waals surface area (Å²) in [4.78, 5) is 28.6. The van der Waals surface area contributed by atoms with E-state index in [-0.39, 0.29) is 24.3 Å². The van der Waals surface area contributed by atoms with Crippen LogP contribution in [0.15, 0.2) is 35.7 Å². The van der Waals surface area contributed by atoms with Crippen molar-refractivity contribution in [3.05, 3.63) is 51.7 Å². The number of para-hydroxylation sites is 1. The van der Waals surface area contributed by atoms with E-state index in [0.29, 0.717) is 6.54 Å². The largest absolute Gasteiger partial charge is 0.354 e. The number of fused-ring (bicyclic) bond motifs is 2. The Hall–Kier alpha value is -2.18. The summed E-state index contributed by atoms with van der Waals surface area (Å²) in [6, 6.07) is 10.0. The van der Waals surface area contributed by atoms with Crippen LogP contribution >= 0.6 is 11.3 Å². The van der Waals surface area contributed by atoms with Gasteiger partial charge in [-0.3, -0.25) is 14.5 Å². The van der Waals surface area contributed by atoms with E-state index < -0.39 is 5.92 Å². The zero-order valence-electron chi connectivity index (χ0n) is 14.8. The van der Waals surface area contributed by atoms with Gasteiger partial charge in [0, 0.05) is 42.7 Å². The number of hydrogen-bond acceptors (Lipinski definition) is 4. The Morgan fingerprint density at radius 1 is 1.38 bits per heavy atom. The fraction of sp³-hybridized carbons (Fsp3) is 0.400. The zero-order valence-corrected chi connectivity index (χ0v) is 15.6. The molecule has 2 N–H and O–H groups in total. The first kappa shape index (κ1) is 17.2. The number of thiophene rings is 1. The fourth-order valence-electron chi connectivity index (χ4n) is 3.79. The highest BCUT2D eigenvalue weighted by molar-refractivity contribution is 7.10. The topological polar surface area (TPSA) is 61.4 Å². The lowest BCUT2D eigenvalue weighted by atomic mass is 9.90. The van der Waals surface area contributed by atoms with E-state index in [4.69, 9.17) is 0 Å². The van der Waals surface area contributed by atoms with Gasteiger partial charge in [0.2, 0.25) is 11.8 Å². The van der Waals surface area contributed by atoms with E-state index in [1.165, 1.54) is 10.4 Å². The van der Waals surface area contributed by atoms with Gasteiger partial charge in [-0.2, -0.15) is 0 Å². The van der Waals surface area contributed by atoms with Crippen LogP contribution in [0.2, 0.25) is 0 Å². The van der Waals surface area contributed by atoms with E-state index >= 15 is 0 Å². The van der Waals surface area contributed by atoms with Gasteiger partial charge in [-0.1, -0.05) is 18.2 Å². The van der Waals surface area contributed by atoms with Gasteiger partial charge >= 0.3 is 0 Å². The summed E-state index contributed by atoms with van der Waals surface area (Å²) < 4.78 is 0. The second kappa shape index (κ2) is 7.21. The summed E-state index contributed by atoms with van der Waals surface area (Å²) in [5.74, 6) is -0.567. The standard InChI is InChI=1S/C20H23N3O2S/c1-13(23-8-6-18-14(12-23)7-9-26-18)11-21-20(25)16-10-19(24)22-17-5-3-2-4-15(16)17/h2-5,7,9,13,16H,6,8,10-12H2,1H3,(H,21,25)(H,22,24)/t13-,16-/m1/s1. The lowest BCUT2D eigenvalue weighted by Gasteiger charge is -2.33. The van der Waals surface area contributed by atoms with E-state index in [1.54, 1.807) is 0 Å². The normalized spacial score (nSPS) is 20.7. The number of nitrogens with one attached hydrogen (secondary N) is 2. The van der Waals surface area contributed by atoms with Crippen molar-refractivity contribution in [1.29, 1.82) is 0 Å². The number of carbonyl (C=O) groups excluding carboxylic acids is 2. The Kier molecular flexibility index (Phi) is 4.78. The summed E-state index contributed by atoms with van der Waals surface area (Å²) in [7, 11) is 0. The summed E-state index contributed by atoms with van der Waals surface area (Å²) in [5.41, 5.74) is 3.06. The van der Waals surface area contributed by atoms with Crippen molar-refractivity contribution in [1.82, 2.24) is 10.2 Å². The molecule has 3 heterocycles. The van der Waals surface area contributed by atoms with E-state index in [9.17, 15) is 9.59 Å². The minimum atomic E-state index is -0.406. The predicted octanol–water partition coefficient (Wildman–Crippen LogP) is 2.74. The molecule has 2 amide bonds. The van der Waals surface area contributed by atoms with Crippen LogP contribution < -0.4 is 10.6 Å². The van der Waals surface area contributed by atoms with Crippen LogP contribution in [-0.4, -0.2) is 35.8 Å². The van der Waals surface area contributed by atoms with Gasteiger partial charge in [0.15, 0.2) is 0 Å². The number of benzene rings is 1. The second-order valence-corrected chi connectivity index (χ2v) is 8.08. The molecule has 1 aromatic carbocycles. The van der Waals surface area contributed by atoms with Gasteiger partial charge in [0.05, 0.1) is 5.92 Å². The highest BCUT2D eigenvalue weighted by Gasteiger charge is 2.31. The molecule has 2 aromatic rings. The number of anilines is 1. The highest BCUT2D eigenvalue weighted by atomic mass is 32.1. The van der Waals surface area contributed by atoms with Crippen molar-refractivity contribution in [3.8, 4) is 0 Å². The maximum absolute atomic E-state index is 12.7. The first-order valence-electron chi connectivity index (χ1n) is 9.07. The molecule has 0 fully saturated rings. The molecule has 2 aliphatic rings. The maximum atomic E-state index is 12.7. The first-order chi connectivity index (χ1) is 12.6. The summed E-state index contributed by atoms with van der Waals surface area (Å²) >= 11 is 1.84. The predicted molar refractivity (Wildman–Crippen MR) is 103 cm³/mol. The average Bonchev–Trinajstić information content (AvgIpc) is 3.12. The van der Waals surface area contributed by atoms with E-state index in [0.717, 1.165) is 30.8 Å². The molecule has 5 nitrogen and oxygen atoms in total. The number of carbonyl (C=O) groups is 2. The van der Waals surface area contributed by atoms with Crippen molar-refractivity contribution >= 4 is 28.8 Å². The van der Waals surface area contributed by atoms with Gasteiger partial charge in [-0.15, -0.1) is 11.3 Å². The Morgan fingerprint density at radius 3 is 3.12 bits per heavy atom. The van der Waals surface area contributed by atoms with Crippen molar-refractivity contribution in [3.63, 3.8) is 0 Å². The minimum absolute atomic E-state index is 0.0626. The maximum Gasteiger partial charge on any atom is 0.228 e. The molecule has 0 spiro atoms. The van der Waals surface area contributed by atoms with Gasteiger partial charge in [-0.05, 0) is 42.0 Å². The van der Waals surface area contributed by atoms with Crippen LogP contribution in [-0.2, 0) is 22.6 Å². The average molecular weight is 369 g/mol. The van der Waals surface area contributed by atoms with Crippen LogP contribution in [0.5, 0.6) is 0 Å². The highest BCUT2D eigenvalue weighted by Crippen LogP contribution is 2.32. The van der Waals surface area contributed by atoms with E-state index in [2.05, 4.69) is 33.9 Å². The molecule has 0 saturated heterocycles. The van der Waals surface area contributed by atoms with Crippen LogP contribution in [0.1, 0.15) is 35.3 Å². The summed E-state index contributed by atoms with van der Waals surface area (Å²) in [5, 5.41) is 8.07. The third-order valence-electron chi connectivity index (χ3n) is 5.35. The van der Waals surface area contributed by atoms with Gasteiger partial charge in [-0.25, -0.2) is 0 Å². The van der Waals surface area contributed by atoms with E-state index in [1.807, 2.05) is 35.6 Å². The summed E-state index contributed by atoms with van der Waals surface area (Å²) in [6.45, 7) is 4.72. The number of rotatable bonds is 4. The molecule has 0 aliphatic carbocycles. The lowest BCUT2D eigenvalue weighted by Crippen LogP contribution is -2.45. The monoisotopic (exact) mass is 369 g/mol. The van der Waals surface area contributed by atoms with Crippen LogP contribution in [0.25, 0.3) is 0 Å². The molecule has 1 aromatic heterocycles. The Morgan fingerprint density at radius 2 is 2.23 bits per heavy atom. The van der Waals surface area contributed by atoms with Crippen LogP contribution in [0.3, 0.4) is 0 Å². The molecule has 26 heavy (non-hydrogen) atoms. The third kappa shape index (κ3) is 3.39.